The average molecular weight is 191 g/mol. The first-order chi connectivity index (χ1) is 6.25. The van der Waals surface area contributed by atoms with E-state index >= 15 is 0 Å². The Bertz CT molecular complexity index is 173. The first-order valence-corrected chi connectivity index (χ1v) is 4.88. The Balaban J connectivity index is 1.77. The number of nitrogens with zero attached hydrogens (tertiary/aromatic N) is 1. The van der Waals surface area contributed by atoms with Gasteiger partial charge in [0.05, 0.1) is 19.3 Å². The number of hydrogen-bond acceptors (Lipinski definition) is 2. The fourth-order valence-corrected chi connectivity index (χ4v) is 1.85. The van der Waals surface area contributed by atoms with E-state index in [9.17, 15) is 8.78 Å². The fourth-order valence-electron chi connectivity index (χ4n) is 1.85. The average Bonchev–Trinajstić information content (AvgIpc) is 2.85. The zero-order valence-corrected chi connectivity index (χ0v) is 7.59. The number of rotatable bonds is 3. The SMILES string of the molecule is FC(F)CN1CCOC(C2CC2)C1. The summed E-state index contributed by atoms with van der Waals surface area (Å²) in [6.07, 6.45) is 0.450. The predicted molar refractivity (Wildman–Crippen MR) is 44.9 cm³/mol. The van der Waals surface area contributed by atoms with Crippen LogP contribution in [-0.4, -0.2) is 43.7 Å². The Hall–Kier alpha value is -0.220. The molecule has 1 unspecified atom stereocenters. The van der Waals surface area contributed by atoms with Crippen LogP contribution in [0.2, 0.25) is 0 Å². The molecule has 2 nitrogen and oxygen atoms in total. The van der Waals surface area contributed by atoms with E-state index in [0.717, 1.165) is 0 Å². The van der Waals surface area contributed by atoms with Crippen LogP contribution in [0, 0.1) is 5.92 Å². The van der Waals surface area contributed by atoms with Crippen LogP contribution in [0.4, 0.5) is 8.78 Å². The summed E-state index contributed by atoms with van der Waals surface area (Å²) in [7, 11) is 0. The molecule has 0 aromatic heterocycles. The smallest absolute Gasteiger partial charge is 0.251 e. The van der Waals surface area contributed by atoms with Gasteiger partial charge < -0.3 is 4.74 Å². The lowest BCUT2D eigenvalue weighted by Gasteiger charge is -2.32. The standard InChI is InChI=1S/C9H15F2NO/c10-9(11)6-12-3-4-13-8(5-12)7-1-2-7/h7-9H,1-6H2. The number of ether oxygens (including phenoxy) is 1. The molecular formula is C9H15F2NO. The Kier molecular flexibility index (Phi) is 2.79. The lowest BCUT2D eigenvalue weighted by atomic mass is 10.2. The zero-order valence-electron chi connectivity index (χ0n) is 7.59. The molecule has 4 heteroatoms. The number of hydrogen-bond donors (Lipinski definition) is 0. The van der Waals surface area contributed by atoms with E-state index in [4.69, 9.17) is 4.74 Å². The van der Waals surface area contributed by atoms with Crippen molar-refractivity contribution < 1.29 is 13.5 Å². The van der Waals surface area contributed by atoms with E-state index in [1.54, 1.807) is 0 Å². The highest BCUT2D eigenvalue weighted by molar-refractivity contribution is 4.86. The lowest BCUT2D eigenvalue weighted by molar-refractivity contribution is -0.0535. The maximum atomic E-state index is 12.1. The van der Waals surface area contributed by atoms with E-state index in [2.05, 4.69) is 0 Å². The minimum atomic E-state index is -2.21. The third-order valence-corrected chi connectivity index (χ3v) is 2.72. The molecule has 1 heterocycles. The van der Waals surface area contributed by atoms with Crippen molar-refractivity contribution in [3.8, 4) is 0 Å². The summed E-state index contributed by atoms with van der Waals surface area (Å²) < 4.78 is 29.7. The van der Waals surface area contributed by atoms with Crippen molar-refractivity contribution in [3.05, 3.63) is 0 Å². The van der Waals surface area contributed by atoms with E-state index in [1.807, 2.05) is 4.90 Å². The Morgan fingerprint density at radius 1 is 1.38 bits per heavy atom. The van der Waals surface area contributed by atoms with Gasteiger partial charge in [0, 0.05) is 13.1 Å². The van der Waals surface area contributed by atoms with Crippen LogP contribution in [0.15, 0.2) is 0 Å². The Morgan fingerprint density at radius 3 is 2.77 bits per heavy atom. The highest BCUT2D eigenvalue weighted by atomic mass is 19.3. The molecule has 0 aromatic carbocycles. The normalized spacial score (nSPS) is 31.2. The first kappa shape index (κ1) is 9.34. The third-order valence-electron chi connectivity index (χ3n) is 2.72. The van der Waals surface area contributed by atoms with Gasteiger partial charge in [0.15, 0.2) is 0 Å². The monoisotopic (exact) mass is 191 g/mol. The summed E-state index contributed by atoms with van der Waals surface area (Å²) in [6, 6.07) is 0. The van der Waals surface area contributed by atoms with Gasteiger partial charge in [-0.3, -0.25) is 4.90 Å². The molecule has 2 aliphatic rings. The molecule has 76 valence electrons. The molecular weight excluding hydrogens is 176 g/mol. The van der Waals surface area contributed by atoms with Crippen molar-refractivity contribution in [2.24, 2.45) is 5.92 Å². The Morgan fingerprint density at radius 2 is 2.15 bits per heavy atom. The van der Waals surface area contributed by atoms with Gasteiger partial charge in [0.1, 0.15) is 0 Å². The molecule has 0 spiro atoms. The van der Waals surface area contributed by atoms with Crippen molar-refractivity contribution in [3.63, 3.8) is 0 Å². The summed E-state index contributed by atoms with van der Waals surface area (Å²) in [4.78, 5) is 1.82. The second-order valence-corrected chi connectivity index (χ2v) is 3.90. The lowest BCUT2D eigenvalue weighted by Crippen LogP contribution is -2.45. The molecule has 1 aliphatic heterocycles. The quantitative estimate of drug-likeness (QED) is 0.668. The first-order valence-electron chi connectivity index (χ1n) is 4.88. The molecule has 0 radical (unpaired) electrons. The van der Waals surface area contributed by atoms with Crippen molar-refractivity contribution in [2.45, 2.75) is 25.4 Å². The van der Waals surface area contributed by atoms with E-state index < -0.39 is 6.43 Å². The Labute approximate surface area is 76.9 Å². The molecule has 13 heavy (non-hydrogen) atoms. The van der Waals surface area contributed by atoms with Crippen molar-refractivity contribution >= 4 is 0 Å². The number of morpholine rings is 1. The van der Waals surface area contributed by atoms with Crippen LogP contribution < -0.4 is 0 Å². The molecule has 0 N–H and O–H groups in total. The van der Waals surface area contributed by atoms with E-state index in [1.165, 1.54) is 12.8 Å². The molecule has 2 fully saturated rings. The highest BCUT2D eigenvalue weighted by Gasteiger charge is 2.35. The van der Waals surface area contributed by atoms with Gasteiger partial charge in [-0.1, -0.05) is 0 Å². The van der Waals surface area contributed by atoms with Gasteiger partial charge >= 0.3 is 0 Å². The molecule has 1 saturated carbocycles. The summed E-state index contributed by atoms with van der Waals surface area (Å²) in [5, 5.41) is 0. The zero-order chi connectivity index (χ0) is 9.26. The number of halogens is 2. The van der Waals surface area contributed by atoms with Crippen LogP contribution in [0.1, 0.15) is 12.8 Å². The minimum Gasteiger partial charge on any atom is -0.375 e. The molecule has 1 aliphatic carbocycles. The molecule has 0 bridgehead atoms. The van der Waals surface area contributed by atoms with Crippen LogP contribution in [0.5, 0.6) is 0 Å². The minimum absolute atomic E-state index is 0.0907. The second-order valence-electron chi connectivity index (χ2n) is 3.90. The predicted octanol–water partition coefficient (Wildman–Crippen LogP) is 1.36. The summed E-state index contributed by atoms with van der Waals surface area (Å²) in [5.74, 6) is 0.653. The van der Waals surface area contributed by atoms with Gasteiger partial charge in [-0.15, -0.1) is 0 Å². The third kappa shape index (κ3) is 2.61. The van der Waals surface area contributed by atoms with Gasteiger partial charge in [-0.05, 0) is 18.8 Å². The van der Waals surface area contributed by atoms with Gasteiger partial charge in [-0.25, -0.2) is 8.78 Å². The summed E-state index contributed by atoms with van der Waals surface area (Å²) >= 11 is 0. The van der Waals surface area contributed by atoms with Crippen LogP contribution in [0.3, 0.4) is 0 Å². The topological polar surface area (TPSA) is 12.5 Å². The molecule has 2 rings (SSSR count). The maximum absolute atomic E-state index is 12.1. The van der Waals surface area contributed by atoms with Crippen LogP contribution in [0.25, 0.3) is 0 Å². The van der Waals surface area contributed by atoms with Crippen molar-refractivity contribution in [2.75, 3.05) is 26.2 Å². The molecule has 1 atom stereocenters. The van der Waals surface area contributed by atoms with E-state index in [-0.39, 0.29) is 12.6 Å². The summed E-state index contributed by atoms with van der Waals surface area (Å²) in [6.45, 7) is 1.89. The summed E-state index contributed by atoms with van der Waals surface area (Å²) in [5.41, 5.74) is 0. The van der Waals surface area contributed by atoms with Gasteiger partial charge in [-0.2, -0.15) is 0 Å². The van der Waals surface area contributed by atoms with Gasteiger partial charge in [0.2, 0.25) is 0 Å². The number of alkyl halides is 2. The molecule has 1 saturated heterocycles. The van der Waals surface area contributed by atoms with Crippen LogP contribution in [-0.2, 0) is 4.74 Å². The second kappa shape index (κ2) is 3.88. The van der Waals surface area contributed by atoms with Crippen LogP contribution >= 0.6 is 0 Å². The van der Waals surface area contributed by atoms with Gasteiger partial charge in [0.25, 0.3) is 6.43 Å². The largest absolute Gasteiger partial charge is 0.375 e. The fraction of sp³-hybridized carbons (Fsp3) is 1.00. The molecule has 0 amide bonds. The van der Waals surface area contributed by atoms with E-state index in [0.29, 0.717) is 25.6 Å². The molecule has 0 aromatic rings. The highest BCUT2D eigenvalue weighted by Crippen LogP contribution is 2.35. The maximum Gasteiger partial charge on any atom is 0.251 e. The van der Waals surface area contributed by atoms with Crippen molar-refractivity contribution in [1.29, 1.82) is 0 Å². The van der Waals surface area contributed by atoms with Crippen molar-refractivity contribution in [1.82, 2.24) is 4.90 Å².